The van der Waals surface area contributed by atoms with Gasteiger partial charge >= 0.3 is 0 Å². The minimum atomic E-state index is -0.241. The van der Waals surface area contributed by atoms with E-state index in [1.54, 1.807) is 6.20 Å². The van der Waals surface area contributed by atoms with Gasteiger partial charge in [-0.2, -0.15) is 0 Å². The number of hydrogen-bond acceptors (Lipinski definition) is 2. The molecule has 0 amide bonds. The molecule has 1 aromatic heterocycles. The molecule has 3 aromatic rings. The third-order valence-corrected chi connectivity index (χ3v) is 4.24. The third-order valence-electron chi connectivity index (χ3n) is 3.28. The number of nitrogens with zero attached hydrogens (tertiary/aromatic N) is 1. The Morgan fingerprint density at radius 3 is 2.80 bits per heavy atom. The number of rotatable bonds is 2. The van der Waals surface area contributed by atoms with E-state index in [-0.39, 0.29) is 6.04 Å². The molecule has 4 heteroatoms. The van der Waals surface area contributed by atoms with Gasteiger partial charge in [-0.05, 0) is 41.5 Å². The van der Waals surface area contributed by atoms with Crippen molar-refractivity contribution in [3.05, 3.63) is 75.4 Å². The van der Waals surface area contributed by atoms with Crippen molar-refractivity contribution in [1.29, 1.82) is 0 Å². The largest absolute Gasteiger partial charge is 0.320 e. The van der Waals surface area contributed by atoms with Gasteiger partial charge in [0.05, 0.1) is 11.6 Å². The van der Waals surface area contributed by atoms with Crippen LogP contribution in [0.2, 0.25) is 5.02 Å². The predicted octanol–water partition coefficient (Wildman–Crippen LogP) is 4.70. The summed E-state index contributed by atoms with van der Waals surface area (Å²) in [5.74, 6) is 0. The molecule has 3 rings (SSSR count). The zero-order valence-corrected chi connectivity index (χ0v) is 12.9. The number of hydrogen-bond donors (Lipinski definition) is 1. The topological polar surface area (TPSA) is 38.9 Å². The molecule has 0 saturated heterocycles. The highest BCUT2D eigenvalue weighted by Crippen LogP contribution is 2.30. The zero-order chi connectivity index (χ0) is 14.1. The molecule has 1 heterocycles. The number of nitrogens with two attached hydrogens (primary N) is 1. The van der Waals surface area contributed by atoms with Gasteiger partial charge in [0.15, 0.2) is 0 Å². The quantitative estimate of drug-likeness (QED) is 0.730. The lowest BCUT2D eigenvalue weighted by Gasteiger charge is -2.15. The highest BCUT2D eigenvalue weighted by atomic mass is 79.9. The first-order valence-electron chi connectivity index (χ1n) is 6.20. The molecule has 20 heavy (non-hydrogen) atoms. The van der Waals surface area contributed by atoms with Crippen molar-refractivity contribution < 1.29 is 0 Å². The fourth-order valence-electron chi connectivity index (χ4n) is 2.21. The maximum absolute atomic E-state index is 6.36. The van der Waals surface area contributed by atoms with Gasteiger partial charge in [-0.1, -0.05) is 45.7 Å². The summed E-state index contributed by atoms with van der Waals surface area (Å²) in [6, 6.07) is 15.4. The summed E-state index contributed by atoms with van der Waals surface area (Å²) in [7, 11) is 0. The average Bonchev–Trinajstić information content (AvgIpc) is 2.48. The van der Waals surface area contributed by atoms with Gasteiger partial charge in [-0.3, -0.25) is 4.98 Å². The standard InChI is InChI=1S/C16H12BrClN2/c17-14-6-5-12(18)9-13(14)16(19)11-4-3-10-2-1-7-20-15(10)8-11/h1-9,16H,19H2. The van der Waals surface area contributed by atoms with Crippen LogP contribution in [0, 0.1) is 0 Å². The van der Waals surface area contributed by atoms with Crippen LogP contribution >= 0.6 is 27.5 Å². The van der Waals surface area contributed by atoms with Crippen molar-refractivity contribution in [2.75, 3.05) is 0 Å². The van der Waals surface area contributed by atoms with Gasteiger partial charge in [0.25, 0.3) is 0 Å². The summed E-state index contributed by atoms with van der Waals surface area (Å²) >= 11 is 9.58. The minimum Gasteiger partial charge on any atom is -0.320 e. The van der Waals surface area contributed by atoms with Crippen molar-refractivity contribution in [3.63, 3.8) is 0 Å². The Morgan fingerprint density at radius 1 is 1.10 bits per heavy atom. The molecule has 2 aromatic carbocycles. The van der Waals surface area contributed by atoms with E-state index in [1.807, 2.05) is 48.5 Å². The molecule has 2 N–H and O–H groups in total. The second-order valence-corrected chi connectivity index (χ2v) is 5.89. The normalized spacial score (nSPS) is 12.6. The number of benzene rings is 2. The highest BCUT2D eigenvalue weighted by molar-refractivity contribution is 9.10. The van der Waals surface area contributed by atoms with E-state index in [0.29, 0.717) is 5.02 Å². The number of fused-ring (bicyclic) bond motifs is 1. The van der Waals surface area contributed by atoms with Gasteiger partial charge in [0, 0.05) is 21.1 Å². The Balaban J connectivity index is 2.07. The fourth-order valence-corrected chi connectivity index (χ4v) is 2.88. The number of halogens is 2. The second kappa shape index (κ2) is 5.52. The Morgan fingerprint density at radius 2 is 1.95 bits per heavy atom. The van der Waals surface area contributed by atoms with E-state index >= 15 is 0 Å². The Bertz CT molecular complexity index is 773. The van der Waals surface area contributed by atoms with Crippen LogP contribution < -0.4 is 5.73 Å². The first-order valence-corrected chi connectivity index (χ1v) is 7.37. The monoisotopic (exact) mass is 346 g/mol. The smallest absolute Gasteiger partial charge is 0.0705 e. The van der Waals surface area contributed by atoms with Crippen LogP contribution in [0.5, 0.6) is 0 Å². The number of aromatic nitrogens is 1. The molecule has 1 unspecified atom stereocenters. The molecule has 1 atom stereocenters. The molecule has 100 valence electrons. The molecule has 0 spiro atoms. The molecule has 0 bridgehead atoms. The Kier molecular flexibility index (Phi) is 3.74. The van der Waals surface area contributed by atoms with E-state index in [4.69, 9.17) is 17.3 Å². The summed E-state index contributed by atoms with van der Waals surface area (Å²) in [6.45, 7) is 0. The van der Waals surface area contributed by atoms with E-state index < -0.39 is 0 Å². The van der Waals surface area contributed by atoms with Crippen LogP contribution in [0.25, 0.3) is 10.9 Å². The van der Waals surface area contributed by atoms with Crippen LogP contribution in [0.15, 0.2) is 59.2 Å². The van der Waals surface area contributed by atoms with Crippen molar-refractivity contribution >= 4 is 38.4 Å². The summed E-state index contributed by atoms with van der Waals surface area (Å²) in [4.78, 5) is 4.36. The van der Waals surface area contributed by atoms with Gasteiger partial charge in [-0.15, -0.1) is 0 Å². The lowest BCUT2D eigenvalue weighted by atomic mass is 9.98. The molecular weight excluding hydrogens is 336 g/mol. The lowest BCUT2D eigenvalue weighted by molar-refractivity contribution is 0.867. The van der Waals surface area contributed by atoms with Crippen LogP contribution in [0.1, 0.15) is 17.2 Å². The zero-order valence-electron chi connectivity index (χ0n) is 10.6. The summed E-state index contributed by atoms with van der Waals surface area (Å²) in [5.41, 5.74) is 9.28. The maximum Gasteiger partial charge on any atom is 0.0705 e. The van der Waals surface area contributed by atoms with Crippen molar-refractivity contribution in [2.24, 2.45) is 5.73 Å². The van der Waals surface area contributed by atoms with Gasteiger partial charge in [-0.25, -0.2) is 0 Å². The highest BCUT2D eigenvalue weighted by Gasteiger charge is 2.13. The lowest BCUT2D eigenvalue weighted by Crippen LogP contribution is -2.12. The molecule has 0 radical (unpaired) electrons. The summed E-state index contributed by atoms with van der Waals surface area (Å²) < 4.78 is 0.954. The van der Waals surface area contributed by atoms with E-state index in [9.17, 15) is 0 Å². The van der Waals surface area contributed by atoms with Crippen LogP contribution in [0.4, 0.5) is 0 Å². The van der Waals surface area contributed by atoms with Crippen LogP contribution in [0.3, 0.4) is 0 Å². The van der Waals surface area contributed by atoms with Crippen molar-refractivity contribution in [2.45, 2.75) is 6.04 Å². The maximum atomic E-state index is 6.36. The molecule has 0 aliphatic rings. The number of pyridine rings is 1. The van der Waals surface area contributed by atoms with Gasteiger partial charge in [0.2, 0.25) is 0 Å². The molecule has 0 saturated carbocycles. The fraction of sp³-hybridized carbons (Fsp3) is 0.0625. The van der Waals surface area contributed by atoms with Crippen molar-refractivity contribution in [3.8, 4) is 0 Å². The molecule has 0 aliphatic carbocycles. The van der Waals surface area contributed by atoms with Crippen molar-refractivity contribution in [1.82, 2.24) is 4.98 Å². The molecule has 0 fully saturated rings. The summed E-state index contributed by atoms with van der Waals surface area (Å²) in [5, 5.41) is 1.78. The Hall–Kier alpha value is -1.42. The first-order chi connectivity index (χ1) is 9.65. The SMILES string of the molecule is NC(c1ccc2cccnc2c1)c1cc(Cl)ccc1Br. The Labute approximate surface area is 130 Å². The second-order valence-electron chi connectivity index (χ2n) is 4.60. The first kappa shape index (κ1) is 13.6. The van der Waals surface area contributed by atoms with E-state index in [0.717, 1.165) is 26.5 Å². The molecule has 0 aliphatic heterocycles. The van der Waals surface area contributed by atoms with E-state index in [2.05, 4.69) is 20.9 Å². The summed E-state index contributed by atoms with van der Waals surface area (Å²) in [6.07, 6.45) is 1.78. The predicted molar refractivity (Wildman–Crippen MR) is 86.9 cm³/mol. The van der Waals surface area contributed by atoms with Gasteiger partial charge < -0.3 is 5.73 Å². The average molecular weight is 348 g/mol. The molecule has 2 nitrogen and oxygen atoms in total. The van der Waals surface area contributed by atoms with Crippen LogP contribution in [-0.2, 0) is 0 Å². The minimum absolute atomic E-state index is 0.241. The third kappa shape index (κ3) is 2.57. The van der Waals surface area contributed by atoms with Crippen LogP contribution in [-0.4, -0.2) is 4.98 Å². The van der Waals surface area contributed by atoms with E-state index in [1.165, 1.54) is 0 Å². The van der Waals surface area contributed by atoms with Gasteiger partial charge in [0.1, 0.15) is 0 Å². The molecular formula is C16H12BrClN2.